The van der Waals surface area contributed by atoms with E-state index < -0.39 is 22.3 Å². The van der Waals surface area contributed by atoms with Crippen molar-refractivity contribution in [2.45, 2.75) is 11.7 Å². The van der Waals surface area contributed by atoms with Gasteiger partial charge < -0.3 is 15.2 Å². The second kappa shape index (κ2) is 7.49. The molecule has 1 heterocycles. The number of hydrogen-bond acceptors (Lipinski definition) is 6. The predicted molar refractivity (Wildman–Crippen MR) is 98.6 cm³/mol. The SMILES string of the molecule is COc1cccc(N2C(=O)SC(CC(=O)Nc3cccc(O)c3)C2=O)c1. The molecule has 0 bridgehead atoms. The summed E-state index contributed by atoms with van der Waals surface area (Å²) in [6.45, 7) is 0. The van der Waals surface area contributed by atoms with Crippen LogP contribution in [0, 0.1) is 0 Å². The van der Waals surface area contributed by atoms with E-state index in [4.69, 9.17) is 4.74 Å². The van der Waals surface area contributed by atoms with E-state index in [1.807, 2.05) is 0 Å². The number of rotatable bonds is 5. The van der Waals surface area contributed by atoms with E-state index in [1.165, 1.54) is 19.2 Å². The Morgan fingerprint density at radius 3 is 2.73 bits per heavy atom. The van der Waals surface area contributed by atoms with Crippen LogP contribution in [0.3, 0.4) is 0 Å². The number of phenols is 1. The highest BCUT2D eigenvalue weighted by Crippen LogP contribution is 2.34. The van der Waals surface area contributed by atoms with Crippen LogP contribution < -0.4 is 15.0 Å². The molecule has 0 saturated carbocycles. The molecule has 1 aliphatic rings. The molecule has 0 radical (unpaired) electrons. The first-order valence-electron chi connectivity index (χ1n) is 7.75. The molecule has 7 nitrogen and oxygen atoms in total. The van der Waals surface area contributed by atoms with E-state index in [0.29, 0.717) is 17.1 Å². The van der Waals surface area contributed by atoms with Crippen molar-refractivity contribution in [3.63, 3.8) is 0 Å². The van der Waals surface area contributed by atoms with Crippen LogP contribution in [0.4, 0.5) is 16.2 Å². The number of ether oxygens (including phenoxy) is 1. The standard InChI is InChI=1S/C18H16N2O5S/c1-25-14-7-3-5-12(9-14)20-17(23)15(26-18(20)24)10-16(22)19-11-4-2-6-13(21)8-11/h2-9,15,21H,10H2,1H3,(H,19,22). The fraction of sp³-hybridized carbons (Fsp3) is 0.167. The average Bonchev–Trinajstić information content (AvgIpc) is 2.88. The maximum absolute atomic E-state index is 12.6. The molecule has 1 fully saturated rings. The summed E-state index contributed by atoms with van der Waals surface area (Å²) in [5.74, 6) is -0.312. The highest BCUT2D eigenvalue weighted by Gasteiger charge is 2.41. The lowest BCUT2D eigenvalue weighted by molar-refractivity contribution is -0.121. The summed E-state index contributed by atoms with van der Waals surface area (Å²) in [4.78, 5) is 38.0. The van der Waals surface area contributed by atoms with Crippen molar-refractivity contribution in [1.29, 1.82) is 0 Å². The van der Waals surface area contributed by atoms with E-state index >= 15 is 0 Å². The smallest absolute Gasteiger partial charge is 0.293 e. The molecule has 134 valence electrons. The molecule has 1 atom stereocenters. The van der Waals surface area contributed by atoms with Crippen molar-refractivity contribution >= 4 is 40.2 Å². The molecule has 26 heavy (non-hydrogen) atoms. The van der Waals surface area contributed by atoms with Crippen LogP contribution in [-0.4, -0.2) is 34.5 Å². The van der Waals surface area contributed by atoms with Gasteiger partial charge in [-0.1, -0.05) is 12.1 Å². The maximum Gasteiger partial charge on any atom is 0.293 e. The minimum Gasteiger partial charge on any atom is -0.508 e. The summed E-state index contributed by atoms with van der Waals surface area (Å²) in [7, 11) is 1.50. The lowest BCUT2D eigenvalue weighted by atomic mass is 10.2. The summed E-state index contributed by atoms with van der Waals surface area (Å²) in [6, 6.07) is 12.7. The highest BCUT2D eigenvalue weighted by atomic mass is 32.2. The van der Waals surface area contributed by atoms with Crippen molar-refractivity contribution in [2.75, 3.05) is 17.3 Å². The molecule has 0 spiro atoms. The molecule has 1 unspecified atom stereocenters. The van der Waals surface area contributed by atoms with Gasteiger partial charge in [0.15, 0.2) is 0 Å². The molecule has 2 N–H and O–H groups in total. The number of carbonyl (C=O) groups excluding carboxylic acids is 3. The van der Waals surface area contributed by atoms with Gasteiger partial charge in [-0.05, 0) is 36.0 Å². The normalized spacial score (nSPS) is 16.7. The third kappa shape index (κ3) is 3.80. The Labute approximate surface area is 153 Å². The van der Waals surface area contributed by atoms with Gasteiger partial charge in [0, 0.05) is 24.2 Å². The second-order valence-electron chi connectivity index (χ2n) is 5.55. The van der Waals surface area contributed by atoms with E-state index in [9.17, 15) is 19.5 Å². The van der Waals surface area contributed by atoms with Gasteiger partial charge in [-0.3, -0.25) is 14.4 Å². The number of aromatic hydroxyl groups is 1. The molecule has 0 aliphatic carbocycles. The van der Waals surface area contributed by atoms with Gasteiger partial charge in [0.25, 0.3) is 5.24 Å². The molecule has 8 heteroatoms. The third-order valence-electron chi connectivity index (χ3n) is 3.73. The number of carbonyl (C=O) groups is 3. The number of imide groups is 1. The molecule has 1 saturated heterocycles. The number of benzene rings is 2. The number of hydrogen-bond donors (Lipinski definition) is 2. The molecule has 1 aliphatic heterocycles. The van der Waals surface area contributed by atoms with Crippen molar-refractivity contribution in [1.82, 2.24) is 0 Å². The Balaban J connectivity index is 1.69. The zero-order valence-corrected chi connectivity index (χ0v) is 14.7. The van der Waals surface area contributed by atoms with E-state index in [-0.39, 0.29) is 12.2 Å². The number of amides is 3. The average molecular weight is 372 g/mol. The molecule has 3 rings (SSSR count). The van der Waals surface area contributed by atoms with E-state index in [1.54, 1.807) is 36.4 Å². The van der Waals surface area contributed by atoms with Crippen LogP contribution in [0.15, 0.2) is 48.5 Å². The Hall–Kier alpha value is -3.00. The third-order valence-corrected chi connectivity index (χ3v) is 4.77. The number of methoxy groups -OCH3 is 1. The minimum absolute atomic E-state index is 0.0218. The van der Waals surface area contributed by atoms with Crippen LogP contribution in [0.2, 0.25) is 0 Å². The molecule has 0 aromatic heterocycles. The van der Waals surface area contributed by atoms with Crippen molar-refractivity contribution < 1.29 is 24.2 Å². The van der Waals surface area contributed by atoms with Crippen molar-refractivity contribution in [2.24, 2.45) is 0 Å². The van der Waals surface area contributed by atoms with Gasteiger partial charge in [0.2, 0.25) is 11.8 Å². The lowest BCUT2D eigenvalue weighted by Gasteiger charge is -2.14. The van der Waals surface area contributed by atoms with Crippen LogP contribution in [0.1, 0.15) is 6.42 Å². The van der Waals surface area contributed by atoms with Gasteiger partial charge in [0.05, 0.1) is 12.8 Å². The summed E-state index contributed by atoms with van der Waals surface area (Å²) in [5.41, 5.74) is 0.823. The minimum atomic E-state index is -0.800. The molecular weight excluding hydrogens is 356 g/mol. The number of phenolic OH excluding ortho intramolecular Hbond substituents is 1. The van der Waals surface area contributed by atoms with E-state index in [2.05, 4.69) is 5.32 Å². The highest BCUT2D eigenvalue weighted by molar-refractivity contribution is 8.15. The maximum atomic E-state index is 12.6. The van der Waals surface area contributed by atoms with Crippen molar-refractivity contribution in [3.05, 3.63) is 48.5 Å². The van der Waals surface area contributed by atoms with Crippen LogP contribution in [0.5, 0.6) is 11.5 Å². The first kappa shape index (κ1) is 17.8. The van der Waals surface area contributed by atoms with Crippen LogP contribution in [0.25, 0.3) is 0 Å². The second-order valence-corrected chi connectivity index (χ2v) is 6.70. The van der Waals surface area contributed by atoms with Gasteiger partial charge in [-0.25, -0.2) is 4.90 Å². The van der Waals surface area contributed by atoms with Gasteiger partial charge in [-0.15, -0.1) is 0 Å². The zero-order chi connectivity index (χ0) is 18.7. The monoisotopic (exact) mass is 372 g/mol. The summed E-state index contributed by atoms with van der Waals surface area (Å²) < 4.78 is 5.11. The van der Waals surface area contributed by atoms with Gasteiger partial charge in [-0.2, -0.15) is 0 Å². The zero-order valence-electron chi connectivity index (χ0n) is 13.8. The number of nitrogens with one attached hydrogen (secondary N) is 1. The Bertz CT molecular complexity index is 870. The number of anilines is 2. The van der Waals surface area contributed by atoms with Crippen LogP contribution >= 0.6 is 11.8 Å². The summed E-state index contributed by atoms with van der Waals surface area (Å²) in [5, 5.41) is 10.8. The topological polar surface area (TPSA) is 95.9 Å². The van der Waals surface area contributed by atoms with Crippen molar-refractivity contribution in [3.8, 4) is 11.5 Å². The Morgan fingerprint density at radius 1 is 1.23 bits per heavy atom. The fourth-order valence-electron chi connectivity index (χ4n) is 2.53. The predicted octanol–water partition coefficient (Wildman–Crippen LogP) is 3.00. The molecule has 3 amide bonds. The molecule has 2 aromatic carbocycles. The molecule has 2 aromatic rings. The number of thioether (sulfide) groups is 1. The first-order chi connectivity index (χ1) is 12.5. The van der Waals surface area contributed by atoms with Gasteiger partial charge >= 0.3 is 0 Å². The summed E-state index contributed by atoms with van der Waals surface area (Å²) in [6.07, 6.45) is -0.147. The quantitative estimate of drug-likeness (QED) is 0.838. The Morgan fingerprint density at radius 2 is 2.00 bits per heavy atom. The summed E-state index contributed by atoms with van der Waals surface area (Å²) >= 11 is 0.819. The largest absolute Gasteiger partial charge is 0.508 e. The lowest BCUT2D eigenvalue weighted by Crippen LogP contribution is -2.32. The Kier molecular flexibility index (Phi) is 5.13. The first-order valence-corrected chi connectivity index (χ1v) is 8.63. The molecular formula is C18H16N2O5S. The number of nitrogens with zero attached hydrogens (tertiary/aromatic N) is 1. The van der Waals surface area contributed by atoms with Gasteiger partial charge in [0.1, 0.15) is 16.7 Å². The van der Waals surface area contributed by atoms with E-state index in [0.717, 1.165) is 16.7 Å². The van der Waals surface area contributed by atoms with Crippen LogP contribution in [-0.2, 0) is 9.59 Å². The fourth-order valence-corrected chi connectivity index (χ4v) is 3.52.